The lowest BCUT2D eigenvalue weighted by molar-refractivity contribution is 0.0998. The third kappa shape index (κ3) is 3.87. The number of furan rings is 1. The summed E-state index contributed by atoms with van der Waals surface area (Å²) in [6, 6.07) is 15.4. The summed E-state index contributed by atoms with van der Waals surface area (Å²) in [6.07, 6.45) is 1.27. The summed E-state index contributed by atoms with van der Waals surface area (Å²) in [7, 11) is -2.99. The van der Waals surface area contributed by atoms with Gasteiger partial charge in [-0.3, -0.25) is 4.79 Å². The smallest absolute Gasteiger partial charge is 0.291 e. The van der Waals surface area contributed by atoms with Gasteiger partial charge in [0.2, 0.25) is 0 Å². The first-order valence-corrected chi connectivity index (χ1v) is 10.8. The standard InChI is InChI=1S/C21H17FN4O3S/c1-30(24,28)20-9-8-18-17(25-20)11-19(29-18)21(27)26-16-10-13(4-7-15(16)23)12-2-5-14(22)6-3-12/h2-11,24H,23H2,1H3,(H,26,27). The van der Waals surface area contributed by atoms with Gasteiger partial charge in [-0.05, 0) is 47.5 Å². The summed E-state index contributed by atoms with van der Waals surface area (Å²) in [6.45, 7) is 0. The van der Waals surface area contributed by atoms with E-state index in [4.69, 9.17) is 14.9 Å². The SMILES string of the molecule is CS(=N)(=O)c1ccc2oc(C(=O)Nc3cc(-c4ccc(F)cc4)ccc3N)cc2n1. The number of nitrogen functional groups attached to an aromatic ring is 1. The molecule has 9 heteroatoms. The number of carbonyl (C=O) groups is 1. The van der Waals surface area contributed by atoms with E-state index in [1.807, 2.05) is 0 Å². The molecule has 152 valence electrons. The zero-order chi connectivity index (χ0) is 21.5. The van der Waals surface area contributed by atoms with Crippen molar-refractivity contribution in [2.75, 3.05) is 17.3 Å². The van der Waals surface area contributed by atoms with Crippen LogP contribution in [0.15, 0.2) is 70.1 Å². The van der Waals surface area contributed by atoms with E-state index < -0.39 is 15.6 Å². The number of hydrogen-bond acceptors (Lipinski definition) is 6. The molecule has 7 nitrogen and oxygen atoms in total. The van der Waals surface area contributed by atoms with Crippen molar-refractivity contribution in [3.63, 3.8) is 0 Å². The molecule has 2 aromatic heterocycles. The Bertz CT molecular complexity index is 1380. The highest BCUT2D eigenvalue weighted by Gasteiger charge is 2.16. The minimum atomic E-state index is -2.99. The third-order valence-electron chi connectivity index (χ3n) is 4.45. The molecule has 4 aromatic rings. The Hall–Kier alpha value is -3.72. The van der Waals surface area contributed by atoms with E-state index >= 15 is 0 Å². The number of pyridine rings is 1. The van der Waals surface area contributed by atoms with Crippen LogP contribution in [-0.2, 0) is 9.73 Å². The molecule has 1 amide bonds. The van der Waals surface area contributed by atoms with E-state index in [0.717, 1.165) is 11.1 Å². The monoisotopic (exact) mass is 424 g/mol. The Morgan fingerprint density at radius 3 is 2.50 bits per heavy atom. The fourth-order valence-electron chi connectivity index (χ4n) is 2.90. The zero-order valence-electron chi connectivity index (χ0n) is 15.8. The second-order valence-corrected chi connectivity index (χ2v) is 8.86. The molecule has 30 heavy (non-hydrogen) atoms. The number of anilines is 2. The molecule has 0 bridgehead atoms. The van der Waals surface area contributed by atoms with Gasteiger partial charge in [0.05, 0.1) is 21.1 Å². The molecule has 2 aromatic carbocycles. The van der Waals surface area contributed by atoms with Crippen LogP contribution in [0.5, 0.6) is 0 Å². The molecule has 4 N–H and O–H groups in total. The van der Waals surface area contributed by atoms with Crippen LogP contribution in [0.25, 0.3) is 22.2 Å². The molecular formula is C21H17FN4O3S. The number of hydrogen-bond donors (Lipinski definition) is 3. The van der Waals surface area contributed by atoms with Crippen molar-refractivity contribution < 1.29 is 17.8 Å². The number of nitrogens with one attached hydrogen (secondary N) is 2. The van der Waals surface area contributed by atoms with Gasteiger partial charge < -0.3 is 15.5 Å². The van der Waals surface area contributed by atoms with Crippen LogP contribution in [0, 0.1) is 10.6 Å². The van der Waals surface area contributed by atoms with Crippen LogP contribution < -0.4 is 11.1 Å². The summed E-state index contributed by atoms with van der Waals surface area (Å²) in [4.78, 5) is 16.8. The Labute approximate surface area is 171 Å². The maximum atomic E-state index is 13.2. The first kappa shape index (κ1) is 19.6. The molecule has 0 spiro atoms. The van der Waals surface area contributed by atoms with E-state index in [1.165, 1.54) is 36.6 Å². The number of benzene rings is 2. The van der Waals surface area contributed by atoms with Gasteiger partial charge in [-0.2, -0.15) is 0 Å². The molecule has 0 saturated carbocycles. The molecule has 2 heterocycles. The molecule has 0 aliphatic carbocycles. The van der Waals surface area contributed by atoms with Gasteiger partial charge in [-0.15, -0.1) is 0 Å². The van der Waals surface area contributed by atoms with E-state index in [0.29, 0.717) is 22.5 Å². The predicted molar refractivity (Wildman–Crippen MR) is 113 cm³/mol. The second kappa shape index (κ2) is 7.27. The van der Waals surface area contributed by atoms with Crippen LogP contribution >= 0.6 is 0 Å². The van der Waals surface area contributed by atoms with E-state index in [9.17, 15) is 13.4 Å². The van der Waals surface area contributed by atoms with Crippen LogP contribution in [-0.4, -0.2) is 21.4 Å². The number of nitrogens with zero attached hydrogens (tertiary/aromatic N) is 1. The summed E-state index contributed by atoms with van der Waals surface area (Å²) < 4.78 is 38.2. The topological polar surface area (TPSA) is 122 Å². The minimum Gasteiger partial charge on any atom is -0.449 e. The number of rotatable bonds is 4. The first-order chi connectivity index (χ1) is 14.2. The molecule has 4 rings (SSSR count). The van der Waals surface area contributed by atoms with Crippen molar-refractivity contribution in [1.82, 2.24) is 4.98 Å². The summed E-state index contributed by atoms with van der Waals surface area (Å²) in [5.74, 6) is -0.886. The quantitative estimate of drug-likeness (QED) is 0.416. The Morgan fingerprint density at radius 1 is 1.10 bits per heavy atom. The van der Waals surface area contributed by atoms with Gasteiger partial charge in [0.15, 0.2) is 11.3 Å². The van der Waals surface area contributed by atoms with Crippen LogP contribution in [0.2, 0.25) is 0 Å². The molecule has 0 aliphatic heterocycles. The lowest BCUT2D eigenvalue weighted by Gasteiger charge is -2.10. The van der Waals surface area contributed by atoms with Gasteiger partial charge in [0.25, 0.3) is 5.91 Å². The Morgan fingerprint density at radius 2 is 1.80 bits per heavy atom. The van der Waals surface area contributed by atoms with E-state index in [-0.39, 0.29) is 16.6 Å². The van der Waals surface area contributed by atoms with Crippen LogP contribution in [0.1, 0.15) is 10.6 Å². The number of amides is 1. The Kier molecular flexibility index (Phi) is 4.75. The fourth-order valence-corrected chi connectivity index (χ4v) is 3.50. The fraction of sp³-hybridized carbons (Fsp3) is 0.0476. The molecule has 0 radical (unpaired) electrons. The van der Waals surface area contributed by atoms with Crippen molar-refractivity contribution in [1.29, 1.82) is 4.78 Å². The van der Waals surface area contributed by atoms with Gasteiger partial charge >= 0.3 is 0 Å². The van der Waals surface area contributed by atoms with Crippen molar-refractivity contribution in [2.24, 2.45) is 0 Å². The van der Waals surface area contributed by atoms with Crippen LogP contribution in [0.4, 0.5) is 15.8 Å². The number of carbonyl (C=O) groups excluding carboxylic acids is 1. The van der Waals surface area contributed by atoms with Crippen molar-refractivity contribution in [2.45, 2.75) is 5.03 Å². The second-order valence-electron chi connectivity index (χ2n) is 6.75. The average Bonchev–Trinajstić information content (AvgIpc) is 3.13. The zero-order valence-corrected chi connectivity index (χ0v) is 16.6. The highest BCUT2D eigenvalue weighted by Crippen LogP contribution is 2.28. The number of fused-ring (bicyclic) bond motifs is 1. The van der Waals surface area contributed by atoms with Gasteiger partial charge in [-0.1, -0.05) is 18.2 Å². The van der Waals surface area contributed by atoms with E-state index in [2.05, 4.69) is 10.3 Å². The molecule has 0 saturated heterocycles. The molecule has 1 unspecified atom stereocenters. The lowest BCUT2D eigenvalue weighted by atomic mass is 10.0. The molecular weight excluding hydrogens is 407 g/mol. The Balaban J connectivity index is 1.63. The molecule has 0 aliphatic rings. The highest BCUT2D eigenvalue weighted by molar-refractivity contribution is 7.91. The summed E-state index contributed by atoms with van der Waals surface area (Å²) in [5, 5.41) is 2.81. The normalized spacial score (nSPS) is 13.1. The average molecular weight is 424 g/mol. The molecule has 1 atom stereocenters. The number of halogens is 1. The van der Waals surface area contributed by atoms with Crippen LogP contribution in [0.3, 0.4) is 0 Å². The third-order valence-corrected chi connectivity index (χ3v) is 5.48. The summed E-state index contributed by atoms with van der Waals surface area (Å²) >= 11 is 0. The largest absolute Gasteiger partial charge is 0.449 e. The van der Waals surface area contributed by atoms with E-state index in [1.54, 1.807) is 30.3 Å². The van der Waals surface area contributed by atoms with Crippen molar-refractivity contribution >= 4 is 38.1 Å². The van der Waals surface area contributed by atoms with Crippen molar-refractivity contribution in [3.05, 3.63) is 72.2 Å². The highest BCUT2D eigenvalue weighted by atomic mass is 32.2. The molecule has 0 fully saturated rings. The lowest BCUT2D eigenvalue weighted by Crippen LogP contribution is -2.12. The predicted octanol–water partition coefficient (Wildman–Crippen LogP) is 4.50. The maximum absolute atomic E-state index is 13.2. The number of nitrogens with two attached hydrogens (primary N) is 1. The number of aromatic nitrogens is 1. The minimum absolute atomic E-state index is 0.00572. The van der Waals surface area contributed by atoms with Gasteiger partial charge in [0, 0.05) is 12.3 Å². The van der Waals surface area contributed by atoms with Gasteiger partial charge in [0.1, 0.15) is 16.4 Å². The first-order valence-electron chi connectivity index (χ1n) is 8.82. The van der Waals surface area contributed by atoms with Crippen molar-refractivity contribution in [3.8, 4) is 11.1 Å². The summed E-state index contributed by atoms with van der Waals surface area (Å²) in [5.41, 5.74) is 8.90. The maximum Gasteiger partial charge on any atom is 0.291 e. The van der Waals surface area contributed by atoms with Gasteiger partial charge in [-0.25, -0.2) is 18.4 Å².